The predicted molar refractivity (Wildman–Crippen MR) is 76.0 cm³/mol. The molecule has 0 bridgehead atoms. The van der Waals surface area contributed by atoms with E-state index >= 15 is 0 Å². The smallest absolute Gasteiger partial charge is 0.285 e. The lowest BCUT2D eigenvalue weighted by molar-refractivity contribution is -0.0407. The molecule has 1 saturated carbocycles. The molecule has 1 saturated heterocycles. The van der Waals surface area contributed by atoms with Gasteiger partial charge in [0.15, 0.2) is 0 Å². The van der Waals surface area contributed by atoms with Crippen molar-refractivity contribution in [1.29, 1.82) is 0 Å². The van der Waals surface area contributed by atoms with Crippen molar-refractivity contribution in [3.63, 3.8) is 0 Å². The summed E-state index contributed by atoms with van der Waals surface area (Å²) in [5, 5.41) is 3.47. The van der Waals surface area contributed by atoms with Crippen LogP contribution in [0.4, 0.5) is 8.78 Å². The maximum absolute atomic E-state index is 14.3. The van der Waals surface area contributed by atoms with E-state index in [0.29, 0.717) is 6.04 Å². The van der Waals surface area contributed by atoms with Gasteiger partial charge in [-0.1, -0.05) is 30.3 Å². The summed E-state index contributed by atoms with van der Waals surface area (Å²) in [6.07, 6.45) is 4.55. The summed E-state index contributed by atoms with van der Waals surface area (Å²) in [4.78, 5) is 1.96. The molecule has 20 heavy (non-hydrogen) atoms. The van der Waals surface area contributed by atoms with Crippen molar-refractivity contribution in [3.05, 3.63) is 35.9 Å². The molecular weight excluding hydrogens is 258 g/mol. The molecule has 1 aromatic rings. The Kier molecular flexibility index (Phi) is 4.03. The molecule has 1 aliphatic carbocycles. The number of alkyl halides is 2. The van der Waals surface area contributed by atoms with Gasteiger partial charge in [0.2, 0.25) is 0 Å². The molecule has 1 aromatic carbocycles. The lowest BCUT2D eigenvalue weighted by atomic mass is 10.1. The van der Waals surface area contributed by atoms with Gasteiger partial charge in [-0.25, -0.2) is 0 Å². The second kappa shape index (κ2) is 5.78. The van der Waals surface area contributed by atoms with E-state index < -0.39 is 5.92 Å². The van der Waals surface area contributed by atoms with E-state index in [2.05, 4.69) is 5.32 Å². The minimum atomic E-state index is -2.76. The van der Waals surface area contributed by atoms with Gasteiger partial charge >= 0.3 is 0 Å². The Labute approximate surface area is 119 Å². The van der Waals surface area contributed by atoms with Crippen LogP contribution in [0, 0.1) is 0 Å². The molecule has 2 nitrogen and oxygen atoms in total. The highest BCUT2D eigenvalue weighted by Crippen LogP contribution is 2.31. The number of nitrogens with zero attached hydrogens (tertiary/aromatic N) is 1. The summed E-state index contributed by atoms with van der Waals surface area (Å²) in [7, 11) is 0. The van der Waals surface area contributed by atoms with Crippen LogP contribution in [0.5, 0.6) is 0 Å². The van der Waals surface area contributed by atoms with E-state index in [9.17, 15) is 8.78 Å². The van der Waals surface area contributed by atoms with E-state index in [-0.39, 0.29) is 18.2 Å². The van der Waals surface area contributed by atoms with Crippen molar-refractivity contribution in [1.82, 2.24) is 10.2 Å². The van der Waals surface area contributed by atoms with Crippen LogP contribution in [-0.4, -0.2) is 36.6 Å². The molecule has 2 fully saturated rings. The fourth-order valence-electron chi connectivity index (χ4n) is 2.95. The Morgan fingerprint density at radius 2 is 1.90 bits per heavy atom. The monoisotopic (exact) mass is 280 g/mol. The van der Waals surface area contributed by atoms with Gasteiger partial charge in [0.05, 0.1) is 6.54 Å². The van der Waals surface area contributed by atoms with E-state index in [1.165, 1.54) is 25.0 Å². The number of hydrogen-bond acceptors (Lipinski definition) is 2. The highest BCUT2D eigenvalue weighted by atomic mass is 19.3. The molecule has 1 aliphatic heterocycles. The van der Waals surface area contributed by atoms with Crippen LogP contribution in [0.3, 0.4) is 0 Å². The Morgan fingerprint density at radius 1 is 1.15 bits per heavy atom. The number of hydrogen-bond donors (Lipinski definition) is 1. The summed E-state index contributed by atoms with van der Waals surface area (Å²) in [6, 6.07) is 9.09. The van der Waals surface area contributed by atoms with Crippen LogP contribution in [0.2, 0.25) is 0 Å². The molecule has 1 N–H and O–H groups in total. The summed E-state index contributed by atoms with van der Waals surface area (Å²) in [5.74, 6) is -2.76. The Morgan fingerprint density at radius 3 is 2.60 bits per heavy atom. The zero-order chi connectivity index (χ0) is 14.0. The zero-order valence-electron chi connectivity index (χ0n) is 11.7. The maximum Gasteiger partial charge on any atom is 0.285 e. The second-order valence-electron chi connectivity index (χ2n) is 6.02. The molecule has 2 aliphatic rings. The quantitative estimate of drug-likeness (QED) is 0.862. The average molecular weight is 280 g/mol. The first-order valence-electron chi connectivity index (χ1n) is 7.56. The summed E-state index contributed by atoms with van der Waals surface area (Å²) < 4.78 is 28.7. The van der Waals surface area contributed by atoms with Crippen LogP contribution < -0.4 is 5.32 Å². The van der Waals surface area contributed by atoms with Crippen molar-refractivity contribution >= 4 is 0 Å². The third kappa shape index (κ3) is 3.36. The second-order valence-corrected chi connectivity index (χ2v) is 6.02. The molecular formula is C16H22F2N2. The van der Waals surface area contributed by atoms with E-state index in [0.717, 1.165) is 25.9 Å². The van der Waals surface area contributed by atoms with E-state index in [4.69, 9.17) is 0 Å². The minimum Gasteiger partial charge on any atom is -0.312 e. The molecule has 0 spiro atoms. The molecule has 0 amide bonds. The first-order valence-corrected chi connectivity index (χ1v) is 7.56. The Bertz CT molecular complexity index is 431. The van der Waals surface area contributed by atoms with Crippen LogP contribution in [0.25, 0.3) is 0 Å². The molecule has 0 radical (unpaired) electrons. The topological polar surface area (TPSA) is 15.3 Å². The lowest BCUT2D eigenvalue weighted by Gasteiger charge is -2.29. The van der Waals surface area contributed by atoms with Gasteiger partial charge in [-0.2, -0.15) is 8.78 Å². The van der Waals surface area contributed by atoms with Crippen molar-refractivity contribution < 1.29 is 8.78 Å². The molecule has 1 heterocycles. The summed E-state index contributed by atoms with van der Waals surface area (Å²) in [5.41, 5.74) is 0.126. The van der Waals surface area contributed by atoms with Crippen molar-refractivity contribution in [2.24, 2.45) is 0 Å². The highest BCUT2D eigenvalue weighted by molar-refractivity contribution is 5.20. The van der Waals surface area contributed by atoms with Crippen molar-refractivity contribution in [2.75, 3.05) is 19.6 Å². The minimum absolute atomic E-state index is 0.126. The fourth-order valence-corrected chi connectivity index (χ4v) is 2.95. The first kappa shape index (κ1) is 14.0. The molecule has 110 valence electrons. The van der Waals surface area contributed by atoms with Crippen LogP contribution >= 0.6 is 0 Å². The number of likely N-dealkylation sites (tertiary alicyclic amines) is 1. The van der Waals surface area contributed by atoms with E-state index in [1.807, 2.05) is 4.90 Å². The zero-order valence-corrected chi connectivity index (χ0v) is 11.7. The average Bonchev–Trinajstić information content (AvgIpc) is 3.18. The van der Waals surface area contributed by atoms with Gasteiger partial charge in [0.1, 0.15) is 0 Å². The number of benzene rings is 1. The van der Waals surface area contributed by atoms with E-state index in [1.54, 1.807) is 18.2 Å². The van der Waals surface area contributed by atoms with Gasteiger partial charge in [-0.05, 0) is 32.2 Å². The Balaban J connectivity index is 1.60. The largest absolute Gasteiger partial charge is 0.312 e. The van der Waals surface area contributed by atoms with Crippen LogP contribution in [0.1, 0.15) is 31.2 Å². The maximum atomic E-state index is 14.3. The lowest BCUT2D eigenvalue weighted by Crippen LogP contribution is -2.43. The van der Waals surface area contributed by atoms with Gasteiger partial charge < -0.3 is 5.32 Å². The van der Waals surface area contributed by atoms with Gasteiger partial charge in [-0.3, -0.25) is 4.90 Å². The summed E-state index contributed by atoms with van der Waals surface area (Å²) in [6.45, 7) is 1.49. The fraction of sp³-hybridized carbons (Fsp3) is 0.625. The summed E-state index contributed by atoms with van der Waals surface area (Å²) >= 11 is 0. The third-order valence-corrected chi connectivity index (χ3v) is 4.32. The number of rotatable bonds is 6. The number of nitrogens with one attached hydrogen (secondary N) is 1. The standard InChI is InChI=1S/C16H22F2N2/c17-16(18,13-5-2-1-3-6-13)12-20-10-4-7-15(20)11-19-14-8-9-14/h1-3,5-6,14-15,19H,4,7-12H2. The van der Waals surface area contributed by atoms with Crippen molar-refractivity contribution in [3.8, 4) is 0 Å². The van der Waals surface area contributed by atoms with Crippen LogP contribution in [0.15, 0.2) is 30.3 Å². The SMILES string of the molecule is FC(F)(CN1CCCC1CNC1CC1)c1ccccc1. The highest BCUT2D eigenvalue weighted by Gasteiger charge is 2.38. The molecule has 0 aromatic heterocycles. The van der Waals surface area contributed by atoms with Crippen molar-refractivity contribution in [2.45, 2.75) is 43.7 Å². The van der Waals surface area contributed by atoms with Gasteiger partial charge in [0, 0.05) is 24.2 Å². The first-order chi connectivity index (χ1) is 9.65. The van der Waals surface area contributed by atoms with Gasteiger partial charge in [-0.15, -0.1) is 0 Å². The molecule has 1 unspecified atom stereocenters. The third-order valence-electron chi connectivity index (χ3n) is 4.32. The predicted octanol–water partition coefficient (Wildman–Crippen LogP) is 2.99. The van der Waals surface area contributed by atoms with Crippen LogP contribution in [-0.2, 0) is 5.92 Å². The Hall–Kier alpha value is -1.00. The number of halogens is 2. The normalized spacial score (nSPS) is 24.2. The van der Waals surface area contributed by atoms with Gasteiger partial charge in [0.25, 0.3) is 5.92 Å². The molecule has 4 heteroatoms. The molecule has 3 rings (SSSR count). The molecule has 1 atom stereocenters.